The van der Waals surface area contributed by atoms with Crippen LogP contribution < -0.4 is 5.32 Å². The summed E-state index contributed by atoms with van der Waals surface area (Å²) in [5.41, 5.74) is 0. The second kappa shape index (κ2) is 5.72. The summed E-state index contributed by atoms with van der Waals surface area (Å²) in [6, 6.07) is -0.0704. The summed E-state index contributed by atoms with van der Waals surface area (Å²) in [6.45, 7) is 8.97. The van der Waals surface area contributed by atoms with Crippen molar-refractivity contribution in [1.29, 1.82) is 0 Å². The van der Waals surface area contributed by atoms with Gasteiger partial charge in [0.05, 0.1) is 0 Å². The third-order valence-corrected chi connectivity index (χ3v) is 4.86. The van der Waals surface area contributed by atoms with Crippen molar-refractivity contribution in [2.75, 3.05) is 13.6 Å². The molecule has 0 radical (unpaired) electrons. The first kappa shape index (κ1) is 15.3. The smallest absolute Gasteiger partial charge is 0.246 e. The first-order valence-corrected chi connectivity index (χ1v) is 7.65. The van der Waals surface area contributed by atoms with Crippen LogP contribution in [0.15, 0.2) is 0 Å². The van der Waals surface area contributed by atoms with Crippen LogP contribution in [0.2, 0.25) is 0 Å². The maximum absolute atomic E-state index is 12.7. The van der Waals surface area contributed by atoms with Crippen LogP contribution in [-0.4, -0.2) is 59.4 Å². The maximum Gasteiger partial charge on any atom is 0.246 e. The molecule has 1 N–H and O–H groups in total. The van der Waals surface area contributed by atoms with Crippen molar-refractivity contribution >= 4 is 11.8 Å². The van der Waals surface area contributed by atoms with Crippen LogP contribution >= 0.6 is 0 Å². The highest BCUT2D eigenvalue weighted by Crippen LogP contribution is 2.26. The molecular weight excluding hydrogens is 254 g/mol. The number of hydrogen-bond acceptors (Lipinski definition) is 3. The zero-order chi connectivity index (χ0) is 15.0. The lowest BCUT2D eigenvalue weighted by molar-refractivity contribution is -0.154. The molecule has 0 aromatic carbocycles. The van der Waals surface area contributed by atoms with Gasteiger partial charge in [-0.05, 0) is 39.7 Å². The molecular formula is C15H27N3O2. The van der Waals surface area contributed by atoms with E-state index < -0.39 is 0 Å². The van der Waals surface area contributed by atoms with Crippen molar-refractivity contribution in [2.45, 2.75) is 64.7 Å². The number of hydrogen-bond donors (Lipinski definition) is 1. The molecule has 0 aromatic heterocycles. The SMILES string of the molecule is CC(C)C1NC(=O)C(C)N(C2CCN(C)C(C)C2)C1=O. The van der Waals surface area contributed by atoms with Crippen molar-refractivity contribution in [3.8, 4) is 0 Å². The predicted octanol–water partition coefficient (Wildman–Crippen LogP) is 0.841. The lowest BCUT2D eigenvalue weighted by atomic mass is 9.91. The number of carbonyl (C=O) groups is 2. The number of likely N-dealkylation sites (tertiary alicyclic amines) is 1. The summed E-state index contributed by atoms with van der Waals surface area (Å²) in [4.78, 5) is 29.0. The fourth-order valence-electron chi connectivity index (χ4n) is 3.28. The Balaban J connectivity index is 2.19. The second-order valence-corrected chi connectivity index (χ2v) is 6.66. The van der Waals surface area contributed by atoms with E-state index >= 15 is 0 Å². The molecule has 2 amide bonds. The van der Waals surface area contributed by atoms with Gasteiger partial charge in [0.1, 0.15) is 12.1 Å². The number of piperidine rings is 1. The number of carbonyl (C=O) groups excluding carboxylic acids is 2. The van der Waals surface area contributed by atoms with Crippen LogP contribution in [0.25, 0.3) is 0 Å². The molecule has 2 rings (SSSR count). The largest absolute Gasteiger partial charge is 0.342 e. The standard InChI is InChI=1S/C15H27N3O2/c1-9(2)13-15(20)18(11(4)14(19)16-13)12-6-7-17(5)10(3)8-12/h9-13H,6-8H2,1-5H3,(H,16,19). The average molecular weight is 281 g/mol. The van der Waals surface area contributed by atoms with E-state index in [4.69, 9.17) is 0 Å². The number of piperazine rings is 1. The molecule has 2 aliphatic heterocycles. The monoisotopic (exact) mass is 281 g/mol. The topological polar surface area (TPSA) is 52.7 Å². The van der Waals surface area contributed by atoms with Crippen molar-refractivity contribution < 1.29 is 9.59 Å². The van der Waals surface area contributed by atoms with Gasteiger partial charge in [-0.2, -0.15) is 0 Å². The molecule has 2 heterocycles. The summed E-state index contributed by atoms with van der Waals surface area (Å²) < 4.78 is 0. The summed E-state index contributed by atoms with van der Waals surface area (Å²) in [5.74, 6) is 0.203. The van der Waals surface area contributed by atoms with Crippen LogP contribution in [0.5, 0.6) is 0 Å². The van der Waals surface area contributed by atoms with Gasteiger partial charge in [0.25, 0.3) is 0 Å². The Hall–Kier alpha value is -1.10. The van der Waals surface area contributed by atoms with E-state index in [9.17, 15) is 9.59 Å². The highest BCUT2D eigenvalue weighted by atomic mass is 16.2. The van der Waals surface area contributed by atoms with Gasteiger partial charge >= 0.3 is 0 Å². The van der Waals surface area contributed by atoms with E-state index in [1.165, 1.54) is 0 Å². The molecule has 0 spiro atoms. The molecule has 20 heavy (non-hydrogen) atoms. The highest BCUT2D eigenvalue weighted by molar-refractivity contribution is 5.97. The lowest BCUT2D eigenvalue weighted by Crippen LogP contribution is -2.67. The number of rotatable bonds is 2. The molecule has 0 saturated carbocycles. The van der Waals surface area contributed by atoms with Crippen molar-refractivity contribution in [3.63, 3.8) is 0 Å². The second-order valence-electron chi connectivity index (χ2n) is 6.66. The zero-order valence-electron chi connectivity index (χ0n) is 13.2. The van der Waals surface area contributed by atoms with Gasteiger partial charge in [-0.25, -0.2) is 0 Å². The molecule has 0 bridgehead atoms. The Morgan fingerprint density at radius 1 is 1.25 bits per heavy atom. The minimum atomic E-state index is -0.367. The van der Waals surface area contributed by atoms with Crippen molar-refractivity contribution in [3.05, 3.63) is 0 Å². The van der Waals surface area contributed by atoms with Gasteiger partial charge in [0.15, 0.2) is 0 Å². The van der Waals surface area contributed by atoms with E-state index in [1.54, 1.807) is 0 Å². The van der Waals surface area contributed by atoms with Gasteiger partial charge < -0.3 is 15.1 Å². The van der Waals surface area contributed by atoms with Gasteiger partial charge in [0.2, 0.25) is 11.8 Å². The van der Waals surface area contributed by atoms with E-state index in [2.05, 4.69) is 24.2 Å². The van der Waals surface area contributed by atoms with Crippen LogP contribution in [-0.2, 0) is 9.59 Å². The third-order valence-electron chi connectivity index (χ3n) is 4.86. The molecule has 2 aliphatic rings. The predicted molar refractivity (Wildman–Crippen MR) is 78.2 cm³/mol. The van der Waals surface area contributed by atoms with E-state index in [-0.39, 0.29) is 35.9 Å². The van der Waals surface area contributed by atoms with Gasteiger partial charge in [-0.15, -0.1) is 0 Å². The third kappa shape index (κ3) is 2.68. The number of nitrogens with zero attached hydrogens (tertiary/aromatic N) is 2. The van der Waals surface area contributed by atoms with Crippen LogP contribution in [0.3, 0.4) is 0 Å². The summed E-state index contributed by atoms with van der Waals surface area (Å²) in [6.07, 6.45) is 1.90. The van der Waals surface area contributed by atoms with Crippen LogP contribution in [0.1, 0.15) is 40.5 Å². The van der Waals surface area contributed by atoms with Gasteiger partial charge in [-0.3, -0.25) is 9.59 Å². The van der Waals surface area contributed by atoms with E-state index in [1.807, 2.05) is 25.7 Å². The summed E-state index contributed by atoms with van der Waals surface area (Å²) in [7, 11) is 2.12. The normalized spacial score (nSPS) is 36.4. The molecule has 5 nitrogen and oxygen atoms in total. The number of nitrogens with one attached hydrogen (secondary N) is 1. The molecule has 0 aromatic rings. The molecule has 2 saturated heterocycles. The van der Waals surface area contributed by atoms with Crippen molar-refractivity contribution in [2.24, 2.45) is 5.92 Å². The van der Waals surface area contributed by atoms with Gasteiger partial charge in [0, 0.05) is 18.6 Å². The highest BCUT2D eigenvalue weighted by Gasteiger charge is 2.43. The summed E-state index contributed by atoms with van der Waals surface area (Å²) in [5, 5.41) is 2.86. The fraction of sp³-hybridized carbons (Fsp3) is 0.867. The molecule has 0 aliphatic carbocycles. The van der Waals surface area contributed by atoms with E-state index in [0.717, 1.165) is 19.4 Å². The fourth-order valence-corrected chi connectivity index (χ4v) is 3.28. The Labute approximate surface area is 121 Å². The minimum absolute atomic E-state index is 0.0186. The maximum atomic E-state index is 12.7. The molecule has 4 atom stereocenters. The van der Waals surface area contributed by atoms with Crippen molar-refractivity contribution in [1.82, 2.24) is 15.1 Å². The Morgan fingerprint density at radius 2 is 1.90 bits per heavy atom. The Kier molecular flexibility index (Phi) is 4.37. The average Bonchev–Trinajstić information content (AvgIpc) is 2.38. The lowest BCUT2D eigenvalue weighted by Gasteiger charge is -2.47. The number of amides is 2. The Morgan fingerprint density at radius 3 is 2.45 bits per heavy atom. The summed E-state index contributed by atoms with van der Waals surface area (Å²) >= 11 is 0. The molecule has 2 fully saturated rings. The van der Waals surface area contributed by atoms with Crippen LogP contribution in [0.4, 0.5) is 0 Å². The van der Waals surface area contributed by atoms with Crippen LogP contribution in [0, 0.1) is 5.92 Å². The first-order valence-electron chi connectivity index (χ1n) is 7.65. The molecule has 114 valence electrons. The van der Waals surface area contributed by atoms with Gasteiger partial charge in [-0.1, -0.05) is 13.8 Å². The zero-order valence-corrected chi connectivity index (χ0v) is 13.2. The quantitative estimate of drug-likeness (QED) is 0.816. The molecule has 4 unspecified atom stereocenters. The first-order chi connectivity index (χ1) is 9.32. The Bertz CT molecular complexity index is 397. The minimum Gasteiger partial charge on any atom is -0.342 e. The molecule has 5 heteroatoms. The van der Waals surface area contributed by atoms with E-state index in [0.29, 0.717) is 6.04 Å².